The number of hydrogen-bond acceptors (Lipinski definition) is 3. The highest BCUT2D eigenvalue weighted by Crippen LogP contribution is 2.35. The van der Waals surface area contributed by atoms with E-state index in [1.54, 1.807) is 30.5 Å². The number of halogens is 4. The van der Waals surface area contributed by atoms with Gasteiger partial charge in [0, 0.05) is 17.0 Å². The number of nitrogens with one attached hydrogen (secondary N) is 2. The number of carbonyl (C=O) groups excluding carboxylic acids is 2. The molecular weight excluding hydrogens is 466 g/mol. The van der Waals surface area contributed by atoms with Gasteiger partial charge in [0.25, 0.3) is 5.91 Å². The number of aromatic nitrogens is 1. The molecule has 0 unspecified atom stereocenters. The maximum Gasteiger partial charge on any atom is 0.416 e. The fourth-order valence-electron chi connectivity index (χ4n) is 4.29. The first kappa shape index (κ1) is 22.5. The number of imide groups is 1. The molecule has 10 heteroatoms. The van der Waals surface area contributed by atoms with E-state index in [1.165, 1.54) is 34.9 Å². The van der Waals surface area contributed by atoms with Gasteiger partial charge in [0.15, 0.2) is 11.4 Å². The van der Waals surface area contributed by atoms with Crippen LogP contribution in [0.5, 0.6) is 5.88 Å². The highest BCUT2D eigenvalue weighted by atomic mass is 19.4. The minimum Gasteiger partial charge on any atom is -0.494 e. The van der Waals surface area contributed by atoms with Gasteiger partial charge in [-0.25, -0.2) is 9.18 Å². The molecule has 4 aromatic rings. The molecule has 1 aliphatic rings. The molecule has 0 spiro atoms. The fraction of sp³-hybridized carbons (Fsp3) is 0.120. The van der Waals surface area contributed by atoms with E-state index in [2.05, 4.69) is 10.6 Å². The van der Waals surface area contributed by atoms with Crippen LogP contribution in [0.1, 0.15) is 11.1 Å². The lowest BCUT2D eigenvalue weighted by molar-refractivity contribution is -0.137. The number of aromatic hydroxyl groups is 1. The molecule has 2 heterocycles. The van der Waals surface area contributed by atoms with E-state index in [0.717, 1.165) is 12.1 Å². The molecule has 3 amide bonds. The van der Waals surface area contributed by atoms with Gasteiger partial charge in [-0.15, -0.1) is 0 Å². The van der Waals surface area contributed by atoms with Gasteiger partial charge < -0.3 is 15.0 Å². The number of alkyl halides is 3. The third-order valence-electron chi connectivity index (χ3n) is 6.10. The Morgan fingerprint density at radius 2 is 1.54 bits per heavy atom. The molecule has 5 rings (SSSR count). The van der Waals surface area contributed by atoms with Crippen molar-refractivity contribution >= 4 is 22.7 Å². The molecule has 1 fully saturated rings. The Labute approximate surface area is 195 Å². The van der Waals surface area contributed by atoms with Crippen molar-refractivity contribution in [2.75, 3.05) is 0 Å². The molecule has 0 aliphatic carbocycles. The van der Waals surface area contributed by atoms with Gasteiger partial charge in [0.05, 0.1) is 12.1 Å². The molecule has 3 aromatic carbocycles. The molecule has 35 heavy (non-hydrogen) atoms. The molecule has 0 saturated carbocycles. The van der Waals surface area contributed by atoms with Crippen molar-refractivity contribution in [2.45, 2.75) is 18.3 Å². The number of rotatable bonds is 4. The quantitative estimate of drug-likeness (QED) is 0.285. The summed E-state index contributed by atoms with van der Waals surface area (Å²) in [5.74, 6) is -1.45. The molecule has 1 saturated heterocycles. The zero-order chi connectivity index (χ0) is 25.0. The van der Waals surface area contributed by atoms with E-state index < -0.39 is 35.0 Å². The highest BCUT2D eigenvalue weighted by molar-refractivity contribution is 6.07. The normalized spacial score (nSPS) is 18.1. The predicted molar refractivity (Wildman–Crippen MR) is 119 cm³/mol. The Bertz CT molecular complexity index is 1460. The summed E-state index contributed by atoms with van der Waals surface area (Å²) in [7, 11) is 0. The lowest BCUT2D eigenvalue weighted by Crippen LogP contribution is -2.47. The van der Waals surface area contributed by atoms with Crippen molar-refractivity contribution in [3.05, 3.63) is 89.9 Å². The van der Waals surface area contributed by atoms with Gasteiger partial charge in [0.2, 0.25) is 0 Å². The van der Waals surface area contributed by atoms with Crippen LogP contribution in [0.2, 0.25) is 0 Å². The van der Waals surface area contributed by atoms with Crippen LogP contribution in [0, 0.1) is 5.82 Å². The minimum atomic E-state index is -4.44. The van der Waals surface area contributed by atoms with E-state index in [9.17, 15) is 32.3 Å². The van der Waals surface area contributed by atoms with E-state index in [4.69, 9.17) is 0 Å². The standard InChI is InChI=1S/C25H17F4N3O3/c26-19-10-5-16-12-32(21(33)20(16)11-19)13-24(22(34)30-23(35)31-24)17-6-1-14(2-7-17)15-3-8-18(9-4-15)25(27,28)29/h1-12,33H,13H2,(H2,30,31,34,35)/t24-/m0/s1. The van der Waals surface area contributed by atoms with Gasteiger partial charge in [-0.3, -0.25) is 10.1 Å². The van der Waals surface area contributed by atoms with Crippen LogP contribution in [-0.2, 0) is 23.1 Å². The average Bonchev–Trinajstić information content (AvgIpc) is 3.28. The lowest BCUT2D eigenvalue weighted by atomic mass is 9.88. The summed E-state index contributed by atoms with van der Waals surface area (Å²) in [6, 6.07) is 14.2. The average molecular weight is 483 g/mol. The molecule has 6 nitrogen and oxygen atoms in total. The van der Waals surface area contributed by atoms with Crippen molar-refractivity contribution in [3.8, 4) is 17.0 Å². The summed E-state index contributed by atoms with van der Waals surface area (Å²) in [6.07, 6.45) is -2.90. The van der Waals surface area contributed by atoms with E-state index >= 15 is 0 Å². The minimum absolute atomic E-state index is 0.188. The molecule has 0 radical (unpaired) electrons. The number of amides is 3. The number of benzene rings is 3. The molecular formula is C25H17F4N3O3. The van der Waals surface area contributed by atoms with Crippen molar-refractivity contribution in [1.29, 1.82) is 0 Å². The second-order valence-corrected chi connectivity index (χ2v) is 8.28. The van der Waals surface area contributed by atoms with Crippen molar-refractivity contribution < 1.29 is 32.3 Å². The number of fused-ring (bicyclic) bond motifs is 1. The second kappa shape index (κ2) is 7.86. The van der Waals surface area contributed by atoms with Crippen molar-refractivity contribution in [1.82, 2.24) is 15.2 Å². The molecule has 1 atom stereocenters. The third-order valence-corrected chi connectivity index (χ3v) is 6.10. The second-order valence-electron chi connectivity index (χ2n) is 8.28. The largest absolute Gasteiger partial charge is 0.494 e. The zero-order valence-corrected chi connectivity index (χ0v) is 17.9. The number of urea groups is 1. The summed E-state index contributed by atoms with van der Waals surface area (Å²) in [6.45, 7) is -0.188. The third kappa shape index (κ3) is 3.86. The molecule has 0 bridgehead atoms. The van der Waals surface area contributed by atoms with Gasteiger partial charge in [-0.1, -0.05) is 36.4 Å². The van der Waals surface area contributed by atoms with E-state index in [1.807, 2.05) is 0 Å². The van der Waals surface area contributed by atoms with E-state index in [-0.39, 0.29) is 17.8 Å². The Morgan fingerprint density at radius 1 is 0.914 bits per heavy atom. The Balaban J connectivity index is 1.51. The van der Waals surface area contributed by atoms with Crippen LogP contribution in [0.4, 0.5) is 22.4 Å². The van der Waals surface area contributed by atoms with Gasteiger partial charge in [-0.05, 0) is 47.0 Å². The van der Waals surface area contributed by atoms with Gasteiger partial charge in [0.1, 0.15) is 5.82 Å². The van der Waals surface area contributed by atoms with Gasteiger partial charge in [-0.2, -0.15) is 13.2 Å². The molecule has 1 aliphatic heterocycles. The molecule has 1 aromatic heterocycles. The van der Waals surface area contributed by atoms with E-state index in [0.29, 0.717) is 22.1 Å². The smallest absolute Gasteiger partial charge is 0.416 e. The van der Waals surface area contributed by atoms with Crippen LogP contribution in [0.3, 0.4) is 0 Å². The first-order chi connectivity index (χ1) is 16.6. The summed E-state index contributed by atoms with van der Waals surface area (Å²) >= 11 is 0. The summed E-state index contributed by atoms with van der Waals surface area (Å²) < 4.78 is 53.5. The first-order valence-corrected chi connectivity index (χ1v) is 10.5. The van der Waals surface area contributed by atoms with Crippen LogP contribution >= 0.6 is 0 Å². The molecule has 178 valence electrons. The Morgan fingerprint density at radius 3 is 2.11 bits per heavy atom. The van der Waals surface area contributed by atoms with Crippen LogP contribution in [0.25, 0.3) is 21.9 Å². The predicted octanol–water partition coefficient (Wildman–Crippen LogP) is 4.91. The first-order valence-electron chi connectivity index (χ1n) is 10.5. The van der Waals surface area contributed by atoms with Crippen LogP contribution in [-0.4, -0.2) is 21.6 Å². The van der Waals surface area contributed by atoms with Crippen LogP contribution in [0.15, 0.2) is 72.9 Å². The summed E-state index contributed by atoms with van der Waals surface area (Å²) in [5, 5.41) is 16.2. The maximum atomic E-state index is 13.6. The van der Waals surface area contributed by atoms with Crippen molar-refractivity contribution in [3.63, 3.8) is 0 Å². The van der Waals surface area contributed by atoms with Crippen LogP contribution < -0.4 is 10.6 Å². The lowest BCUT2D eigenvalue weighted by Gasteiger charge is -2.27. The number of hydrogen-bond donors (Lipinski definition) is 3. The monoisotopic (exact) mass is 483 g/mol. The van der Waals surface area contributed by atoms with Crippen molar-refractivity contribution in [2.24, 2.45) is 0 Å². The fourth-order valence-corrected chi connectivity index (χ4v) is 4.29. The zero-order valence-electron chi connectivity index (χ0n) is 17.9. The topological polar surface area (TPSA) is 83.4 Å². The Kier molecular flexibility index (Phi) is 5.04. The summed E-state index contributed by atoms with van der Waals surface area (Å²) in [5.41, 5.74) is -0.816. The Hall–Kier alpha value is -4.34. The highest BCUT2D eigenvalue weighted by Gasteiger charge is 2.48. The maximum absolute atomic E-state index is 13.6. The number of nitrogens with zero attached hydrogens (tertiary/aromatic N) is 1. The molecule has 3 N–H and O–H groups in total. The van der Waals surface area contributed by atoms with Gasteiger partial charge >= 0.3 is 12.2 Å². The summed E-state index contributed by atoms with van der Waals surface area (Å²) in [4.78, 5) is 25.0. The number of carbonyl (C=O) groups is 2. The SMILES string of the molecule is O=C1NC(=O)[C@](Cn2cc3ccc(F)cc3c2O)(c2ccc(-c3ccc(C(F)(F)F)cc3)cc2)N1.